The highest BCUT2D eigenvalue weighted by atomic mass is 127. The van der Waals surface area contributed by atoms with E-state index in [1.807, 2.05) is 28.7 Å². The molecule has 2 aromatic carbocycles. The predicted molar refractivity (Wildman–Crippen MR) is 85.3 cm³/mol. The van der Waals surface area contributed by atoms with Crippen molar-refractivity contribution in [3.63, 3.8) is 0 Å². The van der Waals surface area contributed by atoms with Crippen LogP contribution in [-0.4, -0.2) is 4.92 Å². The maximum atomic E-state index is 10.8. The summed E-state index contributed by atoms with van der Waals surface area (Å²) < 4.78 is 0.519. The fourth-order valence-electron chi connectivity index (χ4n) is 1.58. The molecule has 100 valence electrons. The van der Waals surface area contributed by atoms with Gasteiger partial charge in [-0.1, -0.05) is 11.6 Å². The smallest absolute Gasteiger partial charge is 0.282 e. The van der Waals surface area contributed by atoms with Crippen LogP contribution in [0.15, 0.2) is 36.4 Å². The molecule has 7 heteroatoms. The second-order valence-electron chi connectivity index (χ2n) is 3.85. The highest BCUT2D eigenvalue weighted by Crippen LogP contribution is 2.29. The Labute approximate surface area is 133 Å². The van der Waals surface area contributed by atoms with Gasteiger partial charge >= 0.3 is 0 Å². The molecular weight excluding hydrogens is 393 g/mol. The number of hydrogen-bond acceptors (Lipinski definition) is 4. The number of rotatable bonds is 3. The first-order chi connectivity index (χ1) is 9.51. The summed E-state index contributed by atoms with van der Waals surface area (Å²) in [5.41, 5.74) is 1.77. The van der Waals surface area contributed by atoms with Crippen LogP contribution in [0, 0.1) is 25.0 Å². The van der Waals surface area contributed by atoms with Gasteiger partial charge < -0.3 is 5.32 Å². The van der Waals surface area contributed by atoms with Crippen molar-refractivity contribution in [2.75, 3.05) is 5.32 Å². The van der Waals surface area contributed by atoms with Crippen LogP contribution in [0.5, 0.6) is 0 Å². The van der Waals surface area contributed by atoms with E-state index in [0.717, 1.165) is 0 Å². The molecule has 0 fully saturated rings. The third-order valence-electron chi connectivity index (χ3n) is 2.52. The fourth-order valence-corrected chi connectivity index (χ4v) is 2.46. The number of benzene rings is 2. The lowest BCUT2D eigenvalue weighted by molar-refractivity contribution is -0.385. The number of anilines is 2. The monoisotopic (exact) mass is 399 g/mol. The van der Waals surface area contributed by atoms with Crippen LogP contribution < -0.4 is 5.32 Å². The Balaban J connectivity index is 2.33. The molecule has 0 amide bonds. The Morgan fingerprint density at radius 2 is 2.05 bits per heavy atom. The summed E-state index contributed by atoms with van der Waals surface area (Å²) in [6.07, 6.45) is 0. The van der Waals surface area contributed by atoms with Crippen molar-refractivity contribution in [3.05, 3.63) is 60.7 Å². The molecule has 0 aliphatic rings. The first-order valence-electron chi connectivity index (χ1n) is 5.42. The number of nitro groups is 1. The summed E-state index contributed by atoms with van der Waals surface area (Å²) in [7, 11) is 0. The number of halogens is 2. The van der Waals surface area contributed by atoms with Crippen molar-refractivity contribution in [3.8, 4) is 6.07 Å². The zero-order valence-electron chi connectivity index (χ0n) is 9.93. The van der Waals surface area contributed by atoms with E-state index in [0.29, 0.717) is 25.5 Å². The average Bonchev–Trinajstić information content (AvgIpc) is 2.41. The Morgan fingerprint density at radius 1 is 1.30 bits per heavy atom. The Kier molecular flexibility index (Phi) is 4.42. The summed E-state index contributed by atoms with van der Waals surface area (Å²) in [6.45, 7) is 0. The third-order valence-corrected chi connectivity index (χ3v) is 3.71. The maximum absolute atomic E-state index is 10.8. The quantitative estimate of drug-likeness (QED) is 0.469. The van der Waals surface area contributed by atoms with E-state index in [9.17, 15) is 10.1 Å². The topological polar surface area (TPSA) is 79.0 Å². The first kappa shape index (κ1) is 14.6. The minimum atomic E-state index is -0.436. The number of nitriles is 1. The number of nitrogens with zero attached hydrogens (tertiary/aromatic N) is 2. The standard InChI is InChI=1S/C13H7ClIN3O2/c14-10-3-1-8(7-16)5-12(10)17-9-2-4-13(18(19)20)11(15)6-9/h1-6,17H. The van der Waals surface area contributed by atoms with Crippen molar-refractivity contribution in [1.29, 1.82) is 5.26 Å². The van der Waals surface area contributed by atoms with Crippen LogP contribution >= 0.6 is 34.2 Å². The van der Waals surface area contributed by atoms with Gasteiger partial charge in [-0.2, -0.15) is 5.26 Å². The molecule has 5 nitrogen and oxygen atoms in total. The predicted octanol–water partition coefficient (Wildman–Crippen LogP) is 4.47. The summed E-state index contributed by atoms with van der Waals surface area (Å²) in [4.78, 5) is 10.3. The van der Waals surface area contributed by atoms with Gasteiger partial charge in [0.1, 0.15) is 0 Å². The van der Waals surface area contributed by atoms with Crippen molar-refractivity contribution in [2.24, 2.45) is 0 Å². The second-order valence-corrected chi connectivity index (χ2v) is 5.42. The van der Waals surface area contributed by atoms with Gasteiger partial charge in [-0.3, -0.25) is 10.1 Å². The van der Waals surface area contributed by atoms with E-state index in [4.69, 9.17) is 16.9 Å². The highest BCUT2D eigenvalue weighted by Gasteiger charge is 2.12. The molecule has 0 unspecified atom stereocenters. The van der Waals surface area contributed by atoms with E-state index < -0.39 is 4.92 Å². The summed E-state index contributed by atoms with van der Waals surface area (Å²) >= 11 is 7.94. The van der Waals surface area contributed by atoms with Crippen molar-refractivity contribution < 1.29 is 4.92 Å². The van der Waals surface area contributed by atoms with Crippen molar-refractivity contribution in [1.82, 2.24) is 0 Å². The Morgan fingerprint density at radius 3 is 2.65 bits per heavy atom. The lowest BCUT2D eigenvalue weighted by Gasteiger charge is -2.09. The van der Waals surface area contributed by atoms with E-state index in [1.54, 1.807) is 30.3 Å². The van der Waals surface area contributed by atoms with Gasteiger partial charge in [0, 0.05) is 11.8 Å². The highest BCUT2D eigenvalue weighted by molar-refractivity contribution is 14.1. The third kappa shape index (κ3) is 3.18. The lowest BCUT2D eigenvalue weighted by Crippen LogP contribution is -1.95. The molecule has 0 aliphatic heterocycles. The van der Waals surface area contributed by atoms with Crippen molar-refractivity contribution >= 4 is 51.3 Å². The van der Waals surface area contributed by atoms with Gasteiger partial charge in [0.15, 0.2) is 0 Å². The van der Waals surface area contributed by atoms with E-state index in [1.165, 1.54) is 6.07 Å². The van der Waals surface area contributed by atoms with E-state index in [2.05, 4.69) is 5.32 Å². The van der Waals surface area contributed by atoms with Crippen LogP contribution in [0.1, 0.15) is 5.56 Å². The number of nitrogens with one attached hydrogen (secondary N) is 1. The molecule has 1 N–H and O–H groups in total. The first-order valence-corrected chi connectivity index (χ1v) is 6.87. The summed E-state index contributed by atoms with van der Waals surface area (Å²) in [6, 6.07) is 11.6. The fraction of sp³-hybridized carbons (Fsp3) is 0. The molecule has 0 heterocycles. The van der Waals surface area contributed by atoms with Crippen LogP contribution in [0.2, 0.25) is 5.02 Å². The number of nitro benzene ring substituents is 1. The summed E-state index contributed by atoms with van der Waals surface area (Å²) in [5.74, 6) is 0. The Hall–Kier alpha value is -1.85. The van der Waals surface area contributed by atoms with Crippen LogP contribution in [0.4, 0.5) is 17.1 Å². The molecule has 0 aromatic heterocycles. The minimum absolute atomic E-state index is 0.0491. The van der Waals surface area contributed by atoms with Gasteiger partial charge in [-0.25, -0.2) is 0 Å². The van der Waals surface area contributed by atoms with Crippen LogP contribution in [0.25, 0.3) is 0 Å². The average molecular weight is 400 g/mol. The van der Waals surface area contributed by atoms with Gasteiger partial charge in [-0.15, -0.1) is 0 Å². The zero-order valence-corrected chi connectivity index (χ0v) is 12.8. The van der Waals surface area contributed by atoms with Crippen LogP contribution in [-0.2, 0) is 0 Å². The molecule has 0 spiro atoms. The van der Waals surface area contributed by atoms with Gasteiger partial charge in [0.05, 0.1) is 30.8 Å². The van der Waals surface area contributed by atoms with E-state index >= 15 is 0 Å². The summed E-state index contributed by atoms with van der Waals surface area (Å²) in [5, 5.41) is 23.1. The molecule has 0 bridgehead atoms. The minimum Gasteiger partial charge on any atom is -0.354 e. The normalized spacial score (nSPS) is 9.85. The molecular formula is C13H7ClIN3O2. The lowest BCUT2D eigenvalue weighted by atomic mass is 10.2. The SMILES string of the molecule is N#Cc1ccc(Cl)c(Nc2ccc([N+](=O)[O-])c(I)c2)c1. The van der Waals surface area contributed by atoms with Gasteiger partial charge in [-0.05, 0) is 52.9 Å². The molecule has 2 rings (SSSR count). The second kappa shape index (κ2) is 6.07. The van der Waals surface area contributed by atoms with Gasteiger partial charge in [0.25, 0.3) is 5.69 Å². The molecule has 0 aliphatic carbocycles. The molecule has 2 aromatic rings. The molecule has 0 atom stereocenters. The largest absolute Gasteiger partial charge is 0.354 e. The molecule has 20 heavy (non-hydrogen) atoms. The molecule has 0 saturated heterocycles. The molecule has 0 saturated carbocycles. The number of hydrogen-bond donors (Lipinski definition) is 1. The zero-order chi connectivity index (χ0) is 14.7. The van der Waals surface area contributed by atoms with Crippen LogP contribution in [0.3, 0.4) is 0 Å². The molecule has 0 radical (unpaired) electrons. The van der Waals surface area contributed by atoms with Crippen molar-refractivity contribution in [2.45, 2.75) is 0 Å². The van der Waals surface area contributed by atoms with Gasteiger partial charge in [0.2, 0.25) is 0 Å². The Bertz CT molecular complexity index is 728. The maximum Gasteiger partial charge on any atom is 0.282 e. The van der Waals surface area contributed by atoms with E-state index in [-0.39, 0.29) is 5.69 Å².